The van der Waals surface area contributed by atoms with E-state index in [1.807, 2.05) is 13.0 Å². The topological polar surface area (TPSA) is 67.2 Å². The lowest BCUT2D eigenvalue weighted by Crippen LogP contribution is -2.23. The fourth-order valence-corrected chi connectivity index (χ4v) is 1.57. The maximum Gasteiger partial charge on any atom is 0.180 e. The van der Waals surface area contributed by atoms with Gasteiger partial charge in [0.25, 0.3) is 0 Å². The Kier molecular flexibility index (Phi) is 3.53. The van der Waals surface area contributed by atoms with Gasteiger partial charge in [0, 0.05) is 6.20 Å². The predicted octanol–water partition coefficient (Wildman–Crippen LogP) is 1.24. The number of benzene rings is 1. The first-order valence-electron chi connectivity index (χ1n) is 5.20. The van der Waals surface area contributed by atoms with Gasteiger partial charge in [-0.2, -0.15) is 5.10 Å². The van der Waals surface area contributed by atoms with Crippen molar-refractivity contribution in [1.82, 2.24) is 9.78 Å². The standard InChI is InChI=1S/C12H11ClN2O3/c1-8-2-3-9(13)11(6-8)18-7-15-5-4-10(14-15)12(16)17/h2-6H,7H2,1H3,(H,16,17)/p-1. The second-order valence-electron chi connectivity index (χ2n) is 3.74. The quantitative estimate of drug-likeness (QED) is 0.834. The fourth-order valence-electron chi connectivity index (χ4n) is 1.40. The van der Waals surface area contributed by atoms with Crippen LogP contribution in [0.3, 0.4) is 0 Å². The van der Waals surface area contributed by atoms with Crippen molar-refractivity contribution in [2.24, 2.45) is 0 Å². The molecule has 0 amide bonds. The van der Waals surface area contributed by atoms with Gasteiger partial charge in [0.2, 0.25) is 0 Å². The summed E-state index contributed by atoms with van der Waals surface area (Å²) < 4.78 is 6.80. The molecule has 0 unspecified atom stereocenters. The molecule has 6 heteroatoms. The number of carboxylic acids is 1. The number of ether oxygens (including phenoxy) is 1. The smallest absolute Gasteiger partial charge is 0.180 e. The first-order valence-corrected chi connectivity index (χ1v) is 5.58. The highest BCUT2D eigenvalue weighted by Crippen LogP contribution is 2.25. The highest BCUT2D eigenvalue weighted by Gasteiger charge is 2.03. The fraction of sp³-hybridized carbons (Fsp3) is 0.167. The molecule has 0 N–H and O–H groups in total. The van der Waals surface area contributed by atoms with Gasteiger partial charge in [-0.05, 0) is 30.7 Å². The van der Waals surface area contributed by atoms with Crippen LogP contribution in [0.15, 0.2) is 30.5 Å². The lowest BCUT2D eigenvalue weighted by atomic mass is 10.2. The summed E-state index contributed by atoms with van der Waals surface area (Å²) in [4.78, 5) is 10.5. The zero-order valence-corrected chi connectivity index (χ0v) is 10.3. The Bertz CT molecular complexity index is 580. The van der Waals surface area contributed by atoms with Crippen LogP contribution in [-0.2, 0) is 6.73 Å². The van der Waals surface area contributed by atoms with Crippen LogP contribution >= 0.6 is 11.6 Å². The minimum absolute atomic E-state index is 0.0798. The molecule has 0 saturated heterocycles. The van der Waals surface area contributed by atoms with Gasteiger partial charge in [0.15, 0.2) is 6.73 Å². The van der Waals surface area contributed by atoms with Crippen LogP contribution < -0.4 is 9.84 Å². The van der Waals surface area contributed by atoms with Gasteiger partial charge in [-0.25, -0.2) is 4.68 Å². The molecular formula is C12H10ClN2O3-. The molecule has 1 aromatic heterocycles. The number of nitrogens with zero attached hydrogens (tertiary/aromatic N) is 2. The van der Waals surface area contributed by atoms with Gasteiger partial charge in [0.1, 0.15) is 11.4 Å². The third-order valence-corrected chi connectivity index (χ3v) is 2.60. The van der Waals surface area contributed by atoms with Crippen molar-refractivity contribution in [2.45, 2.75) is 13.7 Å². The van der Waals surface area contributed by atoms with Gasteiger partial charge in [-0.3, -0.25) is 0 Å². The molecule has 0 atom stereocenters. The zero-order chi connectivity index (χ0) is 13.1. The zero-order valence-electron chi connectivity index (χ0n) is 9.59. The summed E-state index contributed by atoms with van der Waals surface area (Å²) in [6.07, 6.45) is 1.49. The van der Waals surface area contributed by atoms with E-state index in [2.05, 4.69) is 5.10 Å². The number of aryl methyl sites for hydroxylation is 1. The van der Waals surface area contributed by atoms with E-state index in [0.717, 1.165) is 5.56 Å². The molecular weight excluding hydrogens is 256 g/mol. The molecule has 1 heterocycles. The number of carbonyl (C=O) groups is 1. The van der Waals surface area contributed by atoms with Gasteiger partial charge >= 0.3 is 0 Å². The van der Waals surface area contributed by atoms with E-state index in [1.165, 1.54) is 16.9 Å². The lowest BCUT2D eigenvalue weighted by Gasteiger charge is -2.08. The van der Waals surface area contributed by atoms with Crippen molar-refractivity contribution in [3.05, 3.63) is 46.7 Å². The molecule has 5 nitrogen and oxygen atoms in total. The first kappa shape index (κ1) is 12.4. The normalized spacial score (nSPS) is 10.3. The molecule has 18 heavy (non-hydrogen) atoms. The van der Waals surface area contributed by atoms with Gasteiger partial charge in [0.05, 0.1) is 11.0 Å². The Labute approximate surface area is 109 Å². The Morgan fingerprint density at radius 1 is 1.50 bits per heavy atom. The molecule has 1 aromatic carbocycles. The third kappa shape index (κ3) is 2.81. The minimum atomic E-state index is -1.32. The van der Waals surface area contributed by atoms with Crippen LogP contribution in [0, 0.1) is 6.92 Å². The van der Waals surface area contributed by atoms with E-state index in [1.54, 1.807) is 12.1 Å². The first-order chi connectivity index (χ1) is 8.56. The van der Waals surface area contributed by atoms with E-state index in [0.29, 0.717) is 10.8 Å². The number of aromatic nitrogens is 2. The molecule has 0 spiro atoms. The molecule has 2 aromatic rings. The summed E-state index contributed by atoms with van der Waals surface area (Å²) in [5.41, 5.74) is 0.888. The van der Waals surface area contributed by atoms with E-state index in [4.69, 9.17) is 16.3 Å². The van der Waals surface area contributed by atoms with E-state index in [-0.39, 0.29) is 12.4 Å². The Morgan fingerprint density at radius 3 is 2.94 bits per heavy atom. The number of hydrogen-bond donors (Lipinski definition) is 0. The molecule has 0 saturated carbocycles. The summed E-state index contributed by atoms with van der Waals surface area (Å²) >= 11 is 5.96. The summed E-state index contributed by atoms with van der Waals surface area (Å²) in [5.74, 6) is -0.787. The number of carbonyl (C=O) groups excluding carboxylic acids is 1. The van der Waals surface area contributed by atoms with E-state index >= 15 is 0 Å². The highest BCUT2D eigenvalue weighted by atomic mass is 35.5. The number of aromatic carboxylic acids is 1. The molecule has 94 valence electrons. The Hall–Kier alpha value is -2.01. The second kappa shape index (κ2) is 5.10. The van der Waals surface area contributed by atoms with Gasteiger partial charge in [-0.1, -0.05) is 17.7 Å². The van der Waals surface area contributed by atoms with Crippen LogP contribution in [-0.4, -0.2) is 15.7 Å². The Balaban J connectivity index is 2.06. The Morgan fingerprint density at radius 2 is 2.28 bits per heavy atom. The van der Waals surface area contributed by atoms with Gasteiger partial charge in [-0.15, -0.1) is 0 Å². The summed E-state index contributed by atoms with van der Waals surface area (Å²) in [7, 11) is 0. The number of carboxylic acid groups (broad SMARTS) is 1. The molecule has 0 aliphatic heterocycles. The maximum absolute atomic E-state index is 10.5. The molecule has 0 aliphatic carbocycles. The van der Waals surface area contributed by atoms with Crippen molar-refractivity contribution in [2.75, 3.05) is 0 Å². The number of halogens is 1. The third-order valence-electron chi connectivity index (χ3n) is 2.29. The summed E-state index contributed by atoms with van der Waals surface area (Å²) in [6.45, 7) is 2.00. The average molecular weight is 266 g/mol. The van der Waals surface area contributed by atoms with Crippen molar-refractivity contribution in [1.29, 1.82) is 0 Å². The van der Waals surface area contributed by atoms with Crippen LogP contribution in [0.25, 0.3) is 0 Å². The highest BCUT2D eigenvalue weighted by molar-refractivity contribution is 6.32. The second-order valence-corrected chi connectivity index (χ2v) is 4.14. The van der Waals surface area contributed by atoms with E-state index < -0.39 is 5.97 Å². The number of hydrogen-bond acceptors (Lipinski definition) is 4. The lowest BCUT2D eigenvalue weighted by molar-refractivity contribution is -0.255. The van der Waals surface area contributed by atoms with Crippen LogP contribution in [0.2, 0.25) is 5.02 Å². The SMILES string of the molecule is Cc1ccc(Cl)c(OCn2ccc(C(=O)[O-])n2)c1. The van der Waals surface area contributed by atoms with Crippen LogP contribution in [0.5, 0.6) is 5.75 Å². The summed E-state index contributed by atoms with van der Waals surface area (Å²) in [5, 5.41) is 14.8. The molecule has 0 radical (unpaired) electrons. The molecule has 0 bridgehead atoms. The largest absolute Gasteiger partial charge is 0.543 e. The molecule has 0 aliphatic rings. The molecule has 2 rings (SSSR count). The molecule has 0 fully saturated rings. The van der Waals surface area contributed by atoms with Crippen LogP contribution in [0.1, 0.15) is 16.1 Å². The maximum atomic E-state index is 10.5. The average Bonchev–Trinajstić information content (AvgIpc) is 2.79. The van der Waals surface area contributed by atoms with Crippen molar-refractivity contribution in [3.63, 3.8) is 0 Å². The summed E-state index contributed by atoms with van der Waals surface area (Å²) in [6, 6.07) is 6.75. The van der Waals surface area contributed by atoms with Crippen LogP contribution in [0.4, 0.5) is 0 Å². The monoisotopic (exact) mass is 265 g/mol. The van der Waals surface area contributed by atoms with Gasteiger partial charge < -0.3 is 14.6 Å². The van der Waals surface area contributed by atoms with Crippen molar-refractivity contribution >= 4 is 17.6 Å². The number of rotatable bonds is 4. The minimum Gasteiger partial charge on any atom is -0.543 e. The van der Waals surface area contributed by atoms with Crippen molar-refractivity contribution in [3.8, 4) is 5.75 Å². The van der Waals surface area contributed by atoms with Crippen molar-refractivity contribution < 1.29 is 14.6 Å². The predicted molar refractivity (Wildman–Crippen MR) is 63.4 cm³/mol. The van der Waals surface area contributed by atoms with E-state index in [9.17, 15) is 9.90 Å².